The summed E-state index contributed by atoms with van der Waals surface area (Å²) in [6.07, 6.45) is 6.09. The summed E-state index contributed by atoms with van der Waals surface area (Å²) in [4.78, 5) is 0. The van der Waals surface area contributed by atoms with Gasteiger partial charge in [-0.15, -0.1) is 5.92 Å². The molecule has 0 aromatic heterocycles. The van der Waals surface area contributed by atoms with Gasteiger partial charge in [0.1, 0.15) is 0 Å². The van der Waals surface area contributed by atoms with Crippen LogP contribution in [-0.2, 0) is 4.43 Å². The molecule has 0 saturated carbocycles. The summed E-state index contributed by atoms with van der Waals surface area (Å²) >= 11 is 0. The molecule has 0 aliphatic rings. The number of unbranched alkanes of at least 4 members (excludes halogenated alkanes) is 4. The molecule has 0 amide bonds. The average Bonchev–Trinajstić information content (AvgIpc) is 2.46. The molecule has 2 heteroatoms. The third-order valence-electron chi connectivity index (χ3n) is 5.76. The van der Waals surface area contributed by atoms with Crippen molar-refractivity contribution in [3.63, 3.8) is 0 Å². The van der Waals surface area contributed by atoms with E-state index < -0.39 is 8.32 Å². The minimum Gasteiger partial charge on any atom is -0.415 e. The summed E-state index contributed by atoms with van der Waals surface area (Å²) in [6.45, 7) is 25.2. The van der Waals surface area contributed by atoms with E-state index in [4.69, 9.17) is 4.43 Å². The van der Waals surface area contributed by atoms with Crippen LogP contribution in [0.4, 0.5) is 0 Å². The molecule has 0 unspecified atom stereocenters. The Hall–Kier alpha value is -0.523. The predicted molar refractivity (Wildman–Crippen MR) is 112 cm³/mol. The third-order valence-corrected chi connectivity index (χ3v) is 10.2. The quantitative estimate of drug-likeness (QED) is 0.185. The average molecular weight is 351 g/mol. The first-order valence-electron chi connectivity index (χ1n) is 9.67. The zero-order valence-electron chi connectivity index (χ0n) is 17.9. The molecule has 0 N–H and O–H groups in total. The Morgan fingerprint density at radius 3 is 2.17 bits per heavy atom. The first-order chi connectivity index (χ1) is 10.9. The molecule has 140 valence electrons. The van der Waals surface area contributed by atoms with Gasteiger partial charge in [0.2, 0.25) is 0 Å². The maximum absolute atomic E-state index is 6.52. The van der Waals surface area contributed by atoms with E-state index >= 15 is 0 Å². The summed E-state index contributed by atoms with van der Waals surface area (Å²) in [6, 6.07) is 0. The summed E-state index contributed by atoms with van der Waals surface area (Å²) < 4.78 is 6.52. The topological polar surface area (TPSA) is 9.23 Å². The third kappa shape index (κ3) is 7.58. The molecular formula is C22H42OSi. The summed E-state index contributed by atoms with van der Waals surface area (Å²) in [7, 11) is -1.76. The first kappa shape index (κ1) is 23.5. The first-order valence-corrected chi connectivity index (χ1v) is 12.6. The lowest BCUT2D eigenvalue weighted by atomic mass is 9.76. The molecule has 0 saturated heterocycles. The van der Waals surface area contributed by atoms with Crippen LogP contribution in [0, 0.1) is 23.2 Å². The largest absolute Gasteiger partial charge is 0.415 e. The van der Waals surface area contributed by atoms with Crippen molar-refractivity contribution in [3.05, 3.63) is 12.2 Å². The van der Waals surface area contributed by atoms with E-state index in [1.54, 1.807) is 0 Å². The zero-order chi connectivity index (χ0) is 19.0. The molecule has 1 nitrogen and oxygen atoms in total. The van der Waals surface area contributed by atoms with Gasteiger partial charge in [0.25, 0.3) is 0 Å². The monoisotopic (exact) mass is 350 g/mol. The molecular weight excluding hydrogens is 308 g/mol. The molecule has 0 heterocycles. The van der Waals surface area contributed by atoms with Crippen LogP contribution < -0.4 is 0 Å². The van der Waals surface area contributed by atoms with Crippen molar-refractivity contribution in [2.24, 2.45) is 11.3 Å². The molecule has 0 aliphatic carbocycles. The lowest BCUT2D eigenvalue weighted by Gasteiger charge is -2.40. The Bertz CT molecular complexity index is 447. The fourth-order valence-electron chi connectivity index (χ4n) is 2.26. The van der Waals surface area contributed by atoms with Gasteiger partial charge in [-0.1, -0.05) is 72.0 Å². The van der Waals surface area contributed by atoms with E-state index in [0.29, 0.717) is 12.5 Å². The van der Waals surface area contributed by atoms with Crippen LogP contribution in [0.1, 0.15) is 80.6 Å². The van der Waals surface area contributed by atoms with Gasteiger partial charge in [-0.25, -0.2) is 0 Å². The second-order valence-corrected chi connectivity index (χ2v) is 14.0. The van der Waals surface area contributed by atoms with Gasteiger partial charge in [-0.3, -0.25) is 0 Å². The summed E-state index contributed by atoms with van der Waals surface area (Å²) in [5.74, 6) is 7.34. The molecule has 0 rings (SSSR count). The van der Waals surface area contributed by atoms with Gasteiger partial charge in [-0.2, -0.15) is 0 Å². The zero-order valence-corrected chi connectivity index (χ0v) is 18.9. The van der Waals surface area contributed by atoms with Crippen molar-refractivity contribution in [3.8, 4) is 11.8 Å². The maximum atomic E-state index is 6.52. The van der Waals surface area contributed by atoms with Crippen molar-refractivity contribution in [2.45, 2.75) is 98.7 Å². The van der Waals surface area contributed by atoms with Crippen LogP contribution in [0.15, 0.2) is 12.2 Å². The SMILES string of the molecule is C=C(C)[C@H](C)[C@@](C)(C#CCCCCCC)CO[Si](C)(C)C(C)(C)C. The minimum absolute atomic E-state index is 0.147. The van der Waals surface area contributed by atoms with Gasteiger partial charge >= 0.3 is 0 Å². The molecule has 24 heavy (non-hydrogen) atoms. The Labute approximate surface area is 153 Å². The van der Waals surface area contributed by atoms with Gasteiger partial charge in [0, 0.05) is 6.42 Å². The van der Waals surface area contributed by atoms with E-state index in [2.05, 4.69) is 80.0 Å². The van der Waals surface area contributed by atoms with E-state index in [9.17, 15) is 0 Å². The molecule has 0 fully saturated rings. The second-order valence-electron chi connectivity index (χ2n) is 9.15. The highest BCUT2D eigenvalue weighted by molar-refractivity contribution is 6.74. The summed E-state index contributed by atoms with van der Waals surface area (Å²) in [5.41, 5.74) is 1.04. The standard InChI is InChI=1S/C22H42OSi/c1-11-12-13-14-15-16-17-22(8,20(4)19(2)3)18-23-24(9,10)21(5,6)7/h20H,2,11-15,18H2,1,3-10H3/t20-,22-/m0/s1. The van der Waals surface area contributed by atoms with Crippen LogP contribution in [0.25, 0.3) is 0 Å². The molecule has 2 atom stereocenters. The molecule has 0 spiro atoms. The smallest absolute Gasteiger partial charge is 0.192 e. The van der Waals surface area contributed by atoms with E-state index in [1.165, 1.54) is 31.3 Å². The van der Waals surface area contributed by atoms with Crippen LogP contribution in [0.2, 0.25) is 18.1 Å². The van der Waals surface area contributed by atoms with Crippen molar-refractivity contribution in [2.75, 3.05) is 6.61 Å². The minimum atomic E-state index is -1.76. The predicted octanol–water partition coefficient (Wildman–Crippen LogP) is 7.20. The fourth-order valence-corrected chi connectivity index (χ4v) is 3.36. The normalized spacial score (nSPS) is 16.0. The highest BCUT2D eigenvalue weighted by atomic mass is 28.4. The van der Waals surface area contributed by atoms with E-state index in [0.717, 1.165) is 6.42 Å². The van der Waals surface area contributed by atoms with Crippen molar-refractivity contribution in [1.82, 2.24) is 0 Å². The molecule has 0 aliphatic heterocycles. The Kier molecular flexibility index (Phi) is 9.62. The molecule has 0 radical (unpaired) electrons. The van der Waals surface area contributed by atoms with Gasteiger partial charge in [0.15, 0.2) is 8.32 Å². The second kappa shape index (κ2) is 9.83. The number of hydrogen-bond donors (Lipinski definition) is 0. The molecule has 0 bridgehead atoms. The lowest BCUT2D eigenvalue weighted by molar-refractivity contribution is 0.161. The highest BCUT2D eigenvalue weighted by Crippen LogP contribution is 2.39. The van der Waals surface area contributed by atoms with Gasteiger partial charge < -0.3 is 4.43 Å². The Morgan fingerprint density at radius 1 is 1.12 bits per heavy atom. The number of hydrogen-bond acceptors (Lipinski definition) is 1. The van der Waals surface area contributed by atoms with E-state index in [-0.39, 0.29) is 10.5 Å². The van der Waals surface area contributed by atoms with Crippen LogP contribution in [0.3, 0.4) is 0 Å². The van der Waals surface area contributed by atoms with Crippen molar-refractivity contribution < 1.29 is 4.43 Å². The Balaban J connectivity index is 5.04. The molecule has 0 aromatic carbocycles. The van der Waals surface area contributed by atoms with E-state index in [1.807, 2.05) is 0 Å². The highest BCUT2D eigenvalue weighted by Gasteiger charge is 2.40. The number of allylic oxidation sites excluding steroid dienone is 1. The Morgan fingerprint density at radius 2 is 1.71 bits per heavy atom. The van der Waals surface area contributed by atoms with Crippen LogP contribution in [0.5, 0.6) is 0 Å². The van der Waals surface area contributed by atoms with Crippen molar-refractivity contribution >= 4 is 8.32 Å². The van der Waals surface area contributed by atoms with Gasteiger partial charge in [-0.05, 0) is 44.3 Å². The number of rotatable bonds is 9. The lowest BCUT2D eigenvalue weighted by Crippen LogP contribution is -2.44. The maximum Gasteiger partial charge on any atom is 0.192 e. The van der Waals surface area contributed by atoms with Crippen LogP contribution >= 0.6 is 0 Å². The van der Waals surface area contributed by atoms with Crippen molar-refractivity contribution in [1.29, 1.82) is 0 Å². The summed E-state index contributed by atoms with van der Waals surface area (Å²) in [5, 5.41) is 0.230. The van der Waals surface area contributed by atoms with Crippen LogP contribution in [-0.4, -0.2) is 14.9 Å². The fraction of sp³-hybridized carbons (Fsp3) is 0.818. The molecule has 0 aromatic rings. The van der Waals surface area contributed by atoms with Gasteiger partial charge in [0.05, 0.1) is 12.0 Å².